The van der Waals surface area contributed by atoms with Crippen LogP contribution in [0.1, 0.15) is 5.56 Å². The second-order valence-corrected chi connectivity index (χ2v) is 4.59. The molecule has 1 aromatic rings. The standard InChI is InChI=1S/C15H13ClO2/c16-13-8-4-5-10-15(13,11-9-14(17)18)12-6-2-1-3-7-12/h1-11,13H,(H,17,18)/b11-9+. The molecule has 0 fully saturated rings. The Hall–Kier alpha value is -1.80. The minimum Gasteiger partial charge on any atom is -0.478 e. The number of alkyl halides is 1. The number of carboxylic acids is 1. The van der Waals surface area contributed by atoms with Gasteiger partial charge in [-0.15, -0.1) is 11.6 Å². The van der Waals surface area contributed by atoms with Gasteiger partial charge in [-0.3, -0.25) is 0 Å². The van der Waals surface area contributed by atoms with Crippen LogP contribution < -0.4 is 0 Å². The third-order valence-corrected chi connectivity index (χ3v) is 3.50. The topological polar surface area (TPSA) is 37.3 Å². The maximum atomic E-state index is 10.8. The number of benzene rings is 1. The molecule has 0 bridgehead atoms. The summed E-state index contributed by atoms with van der Waals surface area (Å²) >= 11 is 6.38. The van der Waals surface area contributed by atoms with Gasteiger partial charge in [0.25, 0.3) is 0 Å². The lowest BCUT2D eigenvalue weighted by Crippen LogP contribution is -2.32. The first kappa shape index (κ1) is 12.7. The van der Waals surface area contributed by atoms with E-state index < -0.39 is 11.4 Å². The second kappa shape index (κ2) is 5.23. The highest BCUT2D eigenvalue weighted by molar-refractivity contribution is 6.23. The van der Waals surface area contributed by atoms with Gasteiger partial charge in [0.2, 0.25) is 0 Å². The first-order chi connectivity index (χ1) is 8.65. The van der Waals surface area contributed by atoms with Crippen molar-refractivity contribution < 1.29 is 9.90 Å². The lowest BCUT2D eigenvalue weighted by Gasteiger charge is -2.33. The predicted molar refractivity (Wildman–Crippen MR) is 72.8 cm³/mol. The van der Waals surface area contributed by atoms with Gasteiger partial charge in [-0.2, -0.15) is 0 Å². The number of hydrogen-bond donors (Lipinski definition) is 1. The van der Waals surface area contributed by atoms with Crippen LogP contribution in [-0.4, -0.2) is 16.5 Å². The van der Waals surface area contributed by atoms with E-state index in [2.05, 4.69) is 0 Å². The van der Waals surface area contributed by atoms with Crippen LogP contribution in [0, 0.1) is 0 Å². The highest BCUT2D eigenvalue weighted by atomic mass is 35.5. The molecule has 2 nitrogen and oxygen atoms in total. The molecule has 2 unspecified atom stereocenters. The quantitative estimate of drug-likeness (QED) is 0.669. The monoisotopic (exact) mass is 260 g/mol. The molecule has 1 aromatic carbocycles. The van der Waals surface area contributed by atoms with Gasteiger partial charge in [0.05, 0.1) is 10.8 Å². The number of allylic oxidation sites excluding steroid dienone is 5. The van der Waals surface area contributed by atoms with Crippen molar-refractivity contribution in [2.24, 2.45) is 0 Å². The van der Waals surface area contributed by atoms with Crippen LogP contribution in [0.2, 0.25) is 0 Å². The molecule has 0 aliphatic heterocycles. The van der Waals surface area contributed by atoms with Gasteiger partial charge in [-0.1, -0.05) is 60.7 Å². The van der Waals surface area contributed by atoms with Gasteiger partial charge < -0.3 is 5.11 Å². The molecule has 0 spiro atoms. The van der Waals surface area contributed by atoms with E-state index in [-0.39, 0.29) is 5.38 Å². The number of halogens is 1. The summed E-state index contributed by atoms with van der Waals surface area (Å²) in [7, 11) is 0. The fourth-order valence-corrected chi connectivity index (χ4v) is 2.42. The van der Waals surface area contributed by atoms with E-state index in [1.807, 2.05) is 54.6 Å². The van der Waals surface area contributed by atoms with Crippen LogP contribution in [0.3, 0.4) is 0 Å². The van der Waals surface area contributed by atoms with Crippen molar-refractivity contribution in [3.8, 4) is 0 Å². The van der Waals surface area contributed by atoms with E-state index in [9.17, 15) is 4.79 Å². The first-order valence-corrected chi connectivity index (χ1v) is 6.06. The average Bonchev–Trinajstić information content (AvgIpc) is 2.39. The number of hydrogen-bond acceptors (Lipinski definition) is 1. The van der Waals surface area contributed by atoms with E-state index >= 15 is 0 Å². The molecule has 1 aliphatic carbocycles. The molecule has 18 heavy (non-hydrogen) atoms. The summed E-state index contributed by atoms with van der Waals surface area (Å²) in [5.41, 5.74) is 0.374. The van der Waals surface area contributed by atoms with Crippen molar-refractivity contribution in [3.05, 3.63) is 72.4 Å². The molecule has 2 rings (SSSR count). The molecule has 0 radical (unpaired) electrons. The summed E-state index contributed by atoms with van der Waals surface area (Å²) in [6, 6.07) is 9.66. The van der Waals surface area contributed by atoms with Gasteiger partial charge in [0.15, 0.2) is 0 Å². The number of aliphatic carboxylic acids is 1. The Morgan fingerprint density at radius 3 is 2.61 bits per heavy atom. The average molecular weight is 261 g/mol. The van der Waals surface area contributed by atoms with E-state index in [0.29, 0.717) is 0 Å². The molecule has 0 heterocycles. The number of carboxylic acid groups (broad SMARTS) is 1. The van der Waals surface area contributed by atoms with E-state index in [0.717, 1.165) is 11.6 Å². The van der Waals surface area contributed by atoms with Crippen molar-refractivity contribution >= 4 is 17.6 Å². The largest absolute Gasteiger partial charge is 0.478 e. The third kappa shape index (κ3) is 2.39. The predicted octanol–water partition coefficient (Wildman–Crippen LogP) is 3.30. The van der Waals surface area contributed by atoms with Gasteiger partial charge in [-0.05, 0) is 5.56 Å². The van der Waals surface area contributed by atoms with Gasteiger partial charge in [0, 0.05) is 6.08 Å². The van der Waals surface area contributed by atoms with Gasteiger partial charge >= 0.3 is 5.97 Å². The molecule has 0 aromatic heterocycles. The van der Waals surface area contributed by atoms with E-state index in [1.54, 1.807) is 6.08 Å². The Kier molecular flexibility index (Phi) is 3.68. The molecule has 0 saturated carbocycles. The minimum atomic E-state index is -0.975. The first-order valence-electron chi connectivity index (χ1n) is 5.63. The summed E-state index contributed by atoms with van der Waals surface area (Å²) in [4.78, 5) is 10.8. The maximum Gasteiger partial charge on any atom is 0.328 e. The summed E-state index contributed by atoms with van der Waals surface area (Å²) < 4.78 is 0. The fourth-order valence-electron chi connectivity index (χ4n) is 2.06. The van der Waals surface area contributed by atoms with Crippen LogP contribution in [0.15, 0.2) is 66.8 Å². The molecule has 0 saturated heterocycles. The van der Waals surface area contributed by atoms with Gasteiger partial charge in [0.1, 0.15) is 0 Å². The van der Waals surface area contributed by atoms with Crippen molar-refractivity contribution in [1.82, 2.24) is 0 Å². The van der Waals surface area contributed by atoms with Crippen molar-refractivity contribution in [3.63, 3.8) is 0 Å². The van der Waals surface area contributed by atoms with Crippen LogP contribution in [0.5, 0.6) is 0 Å². The summed E-state index contributed by atoms with van der Waals surface area (Å²) in [5, 5.41) is 8.51. The van der Waals surface area contributed by atoms with Crippen LogP contribution in [-0.2, 0) is 10.2 Å². The van der Waals surface area contributed by atoms with Crippen LogP contribution in [0.25, 0.3) is 0 Å². The van der Waals surface area contributed by atoms with E-state index in [1.165, 1.54) is 0 Å². The second-order valence-electron chi connectivity index (χ2n) is 4.12. The molecule has 0 amide bonds. The molecular weight excluding hydrogens is 248 g/mol. The molecule has 92 valence electrons. The zero-order valence-corrected chi connectivity index (χ0v) is 10.4. The Morgan fingerprint density at radius 2 is 2.00 bits per heavy atom. The summed E-state index contributed by atoms with van der Waals surface area (Å²) in [5.74, 6) is -0.975. The van der Waals surface area contributed by atoms with Crippen molar-refractivity contribution in [2.75, 3.05) is 0 Å². The zero-order chi connectivity index (χ0) is 13.0. The molecule has 1 N–H and O–H groups in total. The summed E-state index contributed by atoms with van der Waals surface area (Å²) in [6.07, 6.45) is 10.3. The van der Waals surface area contributed by atoms with Gasteiger partial charge in [-0.25, -0.2) is 4.79 Å². The highest BCUT2D eigenvalue weighted by Crippen LogP contribution is 2.37. The number of rotatable bonds is 3. The lowest BCUT2D eigenvalue weighted by atomic mass is 9.75. The van der Waals surface area contributed by atoms with Crippen LogP contribution in [0.4, 0.5) is 0 Å². The van der Waals surface area contributed by atoms with Crippen molar-refractivity contribution in [2.45, 2.75) is 10.8 Å². The zero-order valence-electron chi connectivity index (χ0n) is 9.66. The Labute approximate surface area is 111 Å². The fraction of sp³-hybridized carbons (Fsp3) is 0.133. The maximum absolute atomic E-state index is 10.8. The SMILES string of the molecule is O=C(O)/C=C/C1(c2ccccc2)C=CC=CC1Cl. The van der Waals surface area contributed by atoms with Crippen LogP contribution >= 0.6 is 11.6 Å². The van der Waals surface area contributed by atoms with Crippen molar-refractivity contribution in [1.29, 1.82) is 0 Å². The third-order valence-electron chi connectivity index (χ3n) is 3.00. The summed E-state index contributed by atoms with van der Waals surface area (Å²) in [6.45, 7) is 0. The molecule has 2 atom stereocenters. The highest BCUT2D eigenvalue weighted by Gasteiger charge is 2.34. The van der Waals surface area contributed by atoms with E-state index in [4.69, 9.17) is 16.7 Å². The molecule has 3 heteroatoms. The minimum absolute atomic E-state index is 0.305. The Morgan fingerprint density at radius 1 is 1.28 bits per heavy atom. The Balaban J connectivity index is 2.50. The smallest absolute Gasteiger partial charge is 0.328 e. The molecule has 1 aliphatic rings. The number of carbonyl (C=O) groups is 1. The molecular formula is C15H13ClO2. The normalized spacial score (nSPS) is 26.6. The lowest BCUT2D eigenvalue weighted by molar-refractivity contribution is -0.131. The Bertz CT molecular complexity index is 517.